The minimum absolute atomic E-state index is 0. The van der Waals surface area contributed by atoms with Crippen LogP contribution in [-0.4, -0.2) is 34.9 Å². The van der Waals surface area contributed by atoms with Crippen LogP contribution >= 0.6 is 12.4 Å². The smallest absolute Gasteiger partial charge is 0.293 e. The van der Waals surface area contributed by atoms with Crippen molar-refractivity contribution >= 4 is 35.4 Å². The van der Waals surface area contributed by atoms with Crippen LogP contribution in [0.5, 0.6) is 0 Å². The fourth-order valence-corrected chi connectivity index (χ4v) is 2.98. The third-order valence-electron chi connectivity index (χ3n) is 4.24. The third kappa shape index (κ3) is 4.50. The second kappa shape index (κ2) is 8.64. The standard InChI is InChI=1S/C18H20N4O3.ClH/c19-14-5-4-10-21(12-14)18(23)13-8-9-16(17(11-13)22(24)25)20-15-6-2-1-3-7-15;/h1-3,6-9,11,14,20H,4-5,10,12,19H2;1H. The molecule has 3 N–H and O–H groups in total. The summed E-state index contributed by atoms with van der Waals surface area (Å²) in [7, 11) is 0. The summed E-state index contributed by atoms with van der Waals surface area (Å²) in [6, 6.07) is 13.7. The highest BCUT2D eigenvalue weighted by Gasteiger charge is 2.24. The van der Waals surface area contributed by atoms with E-state index in [-0.39, 0.29) is 30.0 Å². The monoisotopic (exact) mass is 376 g/mol. The van der Waals surface area contributed by atoms with Crippen molar-refractivity contribution in [1.29, 1.82) is 0 Å². The number of carbonyl (C=O) groups is 1. The van der Waals surface area contributed by atoms with Crippen molar-refractivity contribution in [2.24, 2.45) is 5.73 Å². The molecule has 138 valence electrons. The van der Waals surface area contributed by atoms with E-state index in [1.54, 1.807) is 17.0 Å². The Morgan fingerprint density at radius 2 is 1.96 bits per heavy atom. The average Bonchev–Trinajstić information content (AvgIpc) is 2.62. The van der Waals surface area contributed by atoms with E-state index >= 15 is 0 Å². The van der Waals surface area contributed by atoms with E-state index in [0.717, 1.165) is 18.5 Å². The molecule has 0 saturated carbocycles. The minimum atomic E-state index is -0.482. The first-order chi connectivity index (χ1) is 12.0. The van der Waals surface area contributed by atoms with Gasteiger partial charge < -0.3 is 16.0 Å². The predicted molar refractivity (Wildman–Crippen MR) is 103 cm³/mol. The molecule has 3 rings (SSSR count). The van der Waals surface area contributed by atoms with Crippen molar-refractivity contribution in [2.45, 2.75) is 18.9 Å². The summed E-state index contributed by atoms with van der Waals surface area (Å²) in [5.74, 6) is -0.218. The first-order valence-corrected chi connectivity index (χ1v) is 8.20. The molecule has 0 bridgehead atoms. The largest absolute Gasteiger partial charge is 0.350 e. The number of nitrogens with zero attached hydrogens (tertiary/aromatic N) is 2. The number of likely N-dealkylation sites (tertiary alicyclic amines) is 1. The molecule has 1 fully saturated rings. The summed E-state index contributed by atoms with van der Waals surface area (Å²) in [6.45, 7) is 1.11. The number of nitrogens with one attached hydrogen (secondary N) is 1. The number of amides is 1. The van der Waals surface area contributed by atoms with Gasteiger partial charge in [0.2, 0.25) is 0 Å². The molecule has 0 aromatic heterocycles. The topological polar surface area (TPSA) is 102 Å². The molecule has 26 heavy (non-hydrogen) atoms. The Kier molecular flexibility index (Phi) is 6.54. The number of anilines is 2. The van der Waals surface area contributed by atoms with Gasteiger partial charge in [0.05, 0.1) is 4.92 Å². The number of halogens is 1. The number of rotatable bonds is 4. The lowest BCUT2D eigenvalue weighted by Crippen LogP contribution is -2.45. The van der Waals surface area contributed by atoms with Crippen molar-refractivity contribution in [3.63, 3.8) is 0 Å². The minimum Gasteiger partial charge on any atom is -0.350 e. The molecular formula is C18H21ClN4O3. The van der Waals surface area contributed by atoms with Gasteiger partial charge in [-0.3, -0.25) is 14.9 Å². The van der Waals surface area contributed by atoms with Crippen LogP contribution in [0.15, 0.2) is 48.5 Å². The Hall–Kier alpha value is -2.64. The van der Waals surface area contributed by atoms with Crippen molar-refractivity contribution in [2.75, 3.05) is 18.4 Å². The molecule has 2 aromatic rings. The first kappa shape index (κ1) is 19.7. The van der Waals surface area contributed by atoms with Crippen LogP contribution in [0, 0.1) is 10.1 Å². The van der Waals surface area contributed by atoms with Gasteiger partial charge in [0.15, 0.2) is 0 Å². The molecule has 1 unspecified atom stereocenters. The fourth-order valence-electron chi connectivity index (χ4n) is 2.98. The van der Waals surface area contributed by atoms with Crippen LogP contribution in [0.1, 0.15) is 23.2 Å². The SMILES string of the molecule is Cl.NC1CCCN(C(=O)c2ccc(Nc3ccccc3)c([N+](=O)[O-])c2)C1. The maximum absolute atomic E-state index is 12.6. The number of nitro benzene ring substituents is 1. The maximum Gasteiger partial charge on any atom is 0.293 e. The Balaban J connectivity index is 0.00000243. The van der Waals surface area contributed by atoms with Crippen LogP contribution in [0.25, 0.3) is 0 Å². The molecule has 1 amide bonds. The molecule has 8 heteroatoms. The van der Waals surface area contributed by atoms with Crippen LogP contribution in [-0.2, 0) is 0 Å². The molecule has 0 aliphatic carbocycles. The van der Waals surface area contributed by atoms with Gasteiger partial charge in [0, 0.05) is 36.4 Å². The number of carbonyl (C=O) groups excluding carboxylic acids is 1. The van der Waals surface area contributed by atoms with Crippen molar-refractivity contribution in [1.82, 2.24) is 4.90 Å². The quantitative estimate of drug-likeness (QED) is 0.629. The number of para-hydroxylation sites is 1. The highest BCUT2D eigenvalue weighted by Crippen LogP contribution is 2.29. The van der Waals surface area contributed by atoms with Crippen LogP contribution in [0.2, 0.25) is 0 Å². The lowest BCUT2D eigenvalue weighted by Gasteiger charge is -2.30. The summed E-state index contributed by atoms with van der Waals surface area (Å²) < 4.78 is 0. The number of piperidine rings is 1. The van der Waals surface area contributed by atoms with Crippen molar-refractivity contribution in [3.05, 3.63) is 64.2 Å². The van der Waals surface area contributed by atoms with Gasteiger partial charge in [0.1, 0.15) is 5.69 Å². The van der Waals surface area contributed by atoms with Crippen molar-refractivity contribution in [3.8, 4) is 0 Å². The normalized spacial score (nSPS) is 16.5. The lowest BCUT2D eigenvalue weighted by atomic mass is 10.0. The lowest BCUT2D eigenvalue weighted by molar-refractivity contribution is -0.383. The summed E-state index contributed by atoms with van der Waals surface area (Å²) in [5.41, 5.74) is 7.19. The van der Waals surface area contributed by atoms with E-state index in [2.05, 4.69) is 5.32 Å². The predicted octanol–water partition coefficient (Wildman–Crippen LogP) is 3.32. The average molecular weight is 377 g/mol. The Bertz CT molecular complexity index is 785. The number of hydrogen-bond acceptors (Lipinski definition) is 5. The van der Waals surface area contributed by atoms with Gasteiger partial charge in [-0.15, -0.1) is 12.4 Å². The number of nitrogens with two attached hydrogens (primary N) is 1. The zero-order chi connectivity index (χ0) is 17.8. The molecule has 0 radical (unpaired) electrons. The third-order valence-corrected chi connectivity index (χ3v) is 4.24. The molecule has 1 saturated heterocycles. The van der Waals surface area contributed by atoms with Gasteiger partial charge >= 0.3 is 0 Å². The highest BCUT2D eigenvalue weighted by molar-refractivity contribution is 5.96. The van der Waals surface area contributed by atoms with Gasteiger partial charge in [-0.1, -0.05) is 18.2 Å². The van der Waals surface area contributed by atoms with Gasteiger partial charge in [-0.2, -0.15) is 0 Å². The van der Waals surface area contributed by atoms with E-state index in [0.29, 0.717) is 24.3 Å². The Morgan fingerprint density at radius 3 is 2.62 bits per heavy atom. The van der Waals surface area contributed by atoms with Gasteiger partial charge in [-0.25, -0.2) is 0 Å². The molecule has 0 spiro atoms. The number of hydrogen-bond donors (Lipinski definition) is 2. The van der Waals surface area contributed by atoms with E-state index in [1.165, 1.54) is 6.07 Å². The van der Waals surface area contributed by atoms with Crippen LogP contribution in [0.4, 0.5) is 17.1 Å². The molecule has 1 aliphatic rings. The molecular weight excluding hydrogens is 356 g/mol. The van der Waals surface area contributed by atoms with E-state index in [9.17, 15) is 14.9 Å². The van der Waals surface area contributed by atoms with Crippen LogP contribution < -0.4 is 11.1 Å². The Labute approximate surface area is 157 Å². The van der Waals surface area contributed by atoms with Gasteiger partial charge in [0.25, 0.3) is 11.6 Å². The molecule has 2 aromatic carbocycles. The van der Waals surface area contributed by atoms with E-state index in [4.69, 9.17) is 5.73 Å². The summed E-state index contributed by atoms with van der Waals surface area (Å²) >= 11 is 0. The maximum atomic E-state index is 12.6. The number of benzene rings is 2. The van der Waals surface area contributed by atoms with E-state index < -0.39 is 4.92 Å². The zero-order valence-corrected chi connectivity index (χ0v) is 14.9. The Morgan fingerprint density at radius 1 is 1.23 bits per heavy atom. The summed E-state index contributed by atoms with van der Waals surface area (Å²) in [6.07, 6.45) is 1.74. The first-order valence-electron chi connectivity index (χ1n) is 8.20. The van der Waals surface area contributed by atoms with E-state index in [1.807, 2.05) is 30.3 Å². The summed E-state index contributed by atoms with van der Waals surface area (Å²) in [5, 5.41) is 14.5. The highest BCUT2D eigenvalue weighted by atomic mass is 35.5. The van der Waals surface area contributed by atoms with Gasteiger partial charge in [-0.05, 0) is 37.1 Å². The summed E-state index contributed by atoms with van der Waals surface area (Å²) in [4.78, 5) is 25.2. The number of nitro groups is 1. The fraction of sp³-hybridized carbons (Fsp3) is 0.278. The van der Waals surface area contributed by atoms with Crippen molar-refractivity contribution < 1.29 is 9.72 Å². The van der Waals surface area contributed by atoms with Crippen LogP contribution in [0.3, 0.4) is 0 Å². The molecule has 7 nitrogen and oxygen atoms in total. The second-order valence-electron chi connectivity index (χ2n) is 6.13. The molecule has 1 aliphatic heterocycles. The second-order valence-corrected chi connectivity index (χ2v) is 6.13. The molecule has 1 heterocycles. The zero-order valence-electron chi connectivity index (χ0n) is 14.1. The molecule has 1 atom stereocenters.